The molecule has 0 fully saturated rings. The van der Waals surface area contributed by atoms with Crippen LogP contribution in [0.15, 0.2) is 65.1 Å². The molecule has 8 nitrogen and oxygen atoms in total. The number of furan rings is 1. The Kier molecular flexibility index (Phi) is 6.91. The van der Waals surface area contributed by atoms with Gasteiger partial charge in [-0.15, -0.1) is 0 Å². The molecule has 1 aromatic heterocycles. The third-order valence-corrected chi connectivity index (χ3v) is 5.32. The molecule has 0 saturated carbocycles. The van der Waals surface area contributed by atoms with E-state index in [1.807, 2.05) is 0 Å². The number of esters is 2. The Morgan fingerprint density at radius 3 is 2.14 bits per heavy atom. The number of hydrogen-bond donors (Lipinski definition) is 0. The van der Waals surface area contributed by atoms with Crippen molar-refractivity contribution in [1.29, 1.82) is 0 Å². The predicted molar refractivity (Wildman–Crippen MR) is 129 cm³/mol. The molecule has 180 valence electrons. The van der Waals surface area contributed by atoms with Gasteiger partial charge in [0, 0.05) is 10.9 Å². The van der Waals surface area contributed by atoms with Gasteiger partial charge in [-0.2, -0.15) is 0 Å². The summed E-state index contributed by atoms with van der Waals surface area (Å²) in [6.45, 7) is 1.92. The maximum absolute atomic E-state index is 12.9. The summed E-state index contributed by atoms with van der Waals surface area (Å²) in [5.41, 5.74) is 1.65. The number of hydrogen-bond acceptors (Lipinski definition) is 8. The Morgan fingerprint density at radius 2 is 1.49 bits per heavy atom. The Hall–Kier alpha value is -4.46. The van der Waals surface area contributed by atoms with Gasteiger partial charge in [0.05, 0.1) is 33.5 Å². The van der Waals surface area contributed by atoms with Crippen LogP contribution in [-0.4, -0.2) is 39.9 Å². The average Bonchev–Trinajstić information content (AvgIpc) is 3.27. The van der Waals surface area contributed by atoms with Crippen LogP contribution in [0.2, 0.25) is 0 Å². The van der Waals surface area contributed by atoms with E-state index < -0.39 is 11.9 Å². The lowest BCUT2D eigenvalue weighted by Gasteiger charge is -2.09. The average molecular weight is 476 g/mol. The molecule has 0 bridgehead atoms. The number of fused-ring (bicyclic) bond motifs is 1. The minimum absolute atomic E-state index is 0.196. The van der Waals surface area contributed by atoms with E-state index in [9.17, 15) is 9.59 Å². The summed E-state index contributed by atoms with van der Waals surface area (Å²) in [6, 6.07) is 16.7. The van der Waals surface area contributed by atoms with E-state index in [0.29, 0.717) is 39.5 Å². The van der Waals surface area contributed by atoms with Gasteiger partial charge in [0.1, 0.15) is 28.4 Å². The lowest BCUT2D eigenvalue weighted by molar-refractivity contribution is 0.0528. The summed E-state index contributed by atoms with van der Waals surface area (Å²) in [7, 11) is 4.57. The standard InChI is InChI=1S/C27H24O8/c1-5-33-27(29)24-20-15-19(34-26(28)17-8-12-22(31-3)23(14-17)32-4)11-13-21(20)35-25(24)16-6-9-18(30-2)10-7-16/h6-15H,5H2,1-4H3. The highest BCUT2D eigenvalue weighted by Crippen LogP contribution is 2.37. The first-order valence-electron chi connectivity index (χ1n) is 10.8. The van der Waals surface area contributed by atoms with Crippen LogP contribution in [-0.2, 0) is 4.74 Å². The van der Waals surface area contributed by atoms with Crippen LogP contribution in [0, 0.1) is 0 Å². The molecule has 0 aliphatic heterocycles. The van der Waals surface area contributed by atoms with E-state index >= 15 is 0 Å². The first kappa shape index (κ1) is 23.7. The van der Waals surface area contributed by atoms with Crippen molar-refractivity contribution in [2.75, 3.05) is 27.9 Å². The molecular weight excluding hydrogens is 452 g/mol. The first-order chi connectivity index (χ1) is 17.0. The lowest BCUT2D eigenvalue weighted by Crippen LogP contribution is -2.09. The second kappa shape index (κ2) is 10.2. The molecule has 0 spiro atoms. The van der Waals surface area contributed by atoms with Crippen LogP contribution in [0.3, 0.4) is 0 Å². The van der Waals surface area contributed by atoms with Crippen molar-refractivity contribution in [2.24, 2.45) is 0 Å². The quantitative estimate of drug-likeness (QED) is 0.242. The van der Waals surface area contributed by atoms with Crippen molar-refractivity contribution < 1.29 is 37.7 Å². The summed E-state index contributed by atoms with van der Waals surface area (Å²) in [5, 5.41) is 0.465. The van der Waals surface area contributed by atoms with Gasteiger partial charge in [0.2, 0.25) is 0 Å². The number of methoxy groups -OCH3 is 3. The second-order valence-electron chi connectivity index (χ2n) is 7.37. The topological polar surface area (TPSA) is 93.4 Å². The lowest BCUT2D eigenvalue weighted by atomic mass is 10.1. The van der Waals surface area contributed by atoms with E-state index in [0.717, 1.165) is 0 Å². The molecule has 0 saturated heterocycles. The summed E-state index contributed by atoms with van der Waals surface area (Å²) in [4.78, 5) is 25.7. The maximum atomic E-state index is 12.9. The minimum atomic E-state index is -0.595. The van der Waals surface area contributed by atoms with Crippen molar-refractivity contribution in [1.82, 2.24) is 0 Å². The fourth-order valence-electron chi connectivity index (χ4n) is 3.62. The number of carbonyl (C=O) groups excluding carboxylic acids is 2. The van der Waals surface area contributed by atoms with Crippen molar-refractivity contribution >= 4 is 22.9 Å². The van der Waals surface area contributed by atoms with Crippen LogP contribution in [0.5, 0.6) is 23.0 Å². The molecule has 35 heavy (non-hydrogen) atoms. The Balaban J connectivity index is 1.72. The second-order valence-corrected chi connectivity index (χ2v) is 7.37. The fourth-order valence-corrected chi connectivity index (χ4v) is 3.62. The molecule has 0 aliphatic rings. The molecule has 1 heterocycles. The smallest absolute Gasteiger partial charge is 0.343 e. The van der Waals surface area contributed by atoms with Crippen molar-refractivity contribution in [2.45, 2.75) is 6.92 Å². The Labute approximate surface area is 201 Å². The molecule has 0 radical (unpaired) electrons. The number of ether oxygens (including phenoxy) is 5. The van der Waals surface area contributed by atoms with E-state index in [1.54, 1.807) is 68.6 Å². The summed E-state index contributed by atoms with van der Waals surface area (Å²) in [6.07, 6.45) is 0. The van der Waals surface area contributed by atoms with Gasteiger partial charge in [-0.1, -0.05) is 0 Å². The Bertz CT molecular complexity index is 1370. The molecular formula is C27H24O8. The highest BCUT2D eigenvalue weighted by atomic mass is 16.5. The van der Waals surface area contributed by atoms with Gasteiger partial charge in [0.15, 0.2) is 11.5 Å². The highest BCUT2D eigenvalue weighted by molar-refractivity contribution is 6.09. The van der Waals surface area contributed by atoms with E-state index in [2.05, 4.69) is 0 Å². The van der Waals surface area contributed by atoms with Crippen molar-refractivity contribution in [3.05, 3.63) is 71.8 Å². The van der Waals surface area contributed by atoms with Gasteiger partial charge in [-0.25, -0.2) is 9.59 Å². The van der Waals surface area contributed by atoms with Crippen LogP contribution in [0.25, 0.3) is 22.3 Å². The van der Waals surface area contributed by atoms with Gasteiger partial charge in [-0.3, -0.25) is 0 Å². The van der Waals surface area contributed by atoms with Crippen LogP contribution >= 0.6 is 0 Å². The van der Waals surface area contributed by atoms with Crippen LogP contribution in [0.1, 0.15) is 27.6 Å². The summed E-state index contributed by atoms with van der Waals surface area (Å²) >= 11 is 0. The van der Waals surface area contributed by atoms with Crippen LogP contribution in [0.4, 0.5) is 0 Å². The fraction of sp³-hybridized carbons (Fsp3) is 0.185. The molecule has 0 aliphatic carbocycles. The van der Waals surface area contributed by atoms with E-state index in [4.69, 9.17) is 28.1 Å². The number of carbonyl (C=O) groups is 2. The molecule has 0 N–H and O–H groups in total. The summed E-state index contributed by atoms with van der Waals surface area (Å²) in [5.74, 6) is 1.03. The molecule has 4 rings (SSSR count). The molecule has 3 aromatic carbocycles. The Morgan fingerprint density at radius 1 is 0.771 bits per heavy atom. The molecule has 0 amide bonds. The van der Waals surface area contributed by atoms with Gasteiger partial charge < -0.3 is 28.1 Å². The van der Waals surface area contributed by atoms with Crippen molar-refractivity contribution in [3.8, 4) is 34.3 Å². The zero-order valence-electron chi connectivity index (χ0n) is 19.7. The van der Waals surface area contributed by atoms with Gasteiger partial charge in [-0.05, 0) is 67.6 Å². The number of rotatable bonds is 8. The number of benzene rings is 3. The molecule has 4 aromatic rings. The molecule has 8 heteroatoms. The zero-order chi connectivity index (χ0) is 24.9. The molecule has 0 atom stereocenters. The van der Waals surface area contributed by atoms with Gasteiger partial charge in [0.25, 0.3) is 0 Å². The monoisotopic (exact) mass is 476 g/mol. The van der Waals surface area contributed by atoms with Gasteiger partial charge >= 0.3 is 11.9 Å². The van der Waals surface area contributed by atoms with E-state index in [1.165, 1.54) is 20.3 Å². The maximum Gasteiger partial charge on any atom is 0.343 e. The summed E-state index contributed by atoms with van der Waals surface area (Å²) < 4.78 is 32.5. The SMILES string of the molecule is CCOC(=O)c1c(-c2ccc(OC)cc2)oc2ccc(OC(=O)c3ccc(OC)c(OC)c3)cc12. The predicted octanol–water partition coefficient (Wildman–Crippen LogP) is 5.52. The third kappa shape index (κ3) is 4.77. The zero-order valence-corrected chi connectivity index (χ0v) is 19.7. The minimum Gasteiger partial charge on any atom is -0.497 e. The normalized spacial score (nSPS) is 10.6. The molecule has 0 unspecified atom stereocenters. The largest absolute Gasteiger partial charge is 0.497 e. The highest BCUT2D eigenvalue weighted by Gasteiger charge is 2.24. The van der Waals surface area contributed by atoms with Crippen LogP contribution < -0.4 is 18.9 Å². The van der Waals surface area contributed by atoms with E-state index in [-0.39, 0.29) is 23.5 Å². The van der Waals surface area contributed by atoms with Crippen molar-refractivity contribution in [3.63, 3.8) is 0 Å². The first-order valence-corrected chi connectivity index (χ1v) is 10.8. The third-order valence-electron chi connectivity index (χ3n) is 5.32.